The van der Waals surface area contributed by atoms with E-state index in [1.165, 1.54) is 27.8 Å². The number of carbonyl (C=O) groups is 1. The van der Waals surface area contributed by atoms with Gasteiger partial charge in [0.2, 0.25) is 15.2 Å². The van der Waals surface area contributed by atoms with E-state index >= 15 is 0 Å². The van der Waals surface area contributed by atoms with E-state index in [1.807, 2.05) is 0 Å². The van der Waals surface area contributed by atoms with Crippen LogP contribution in [-0.2, 0) is 16.4 Å². The molecule has 1 aliphatic carbocycles. The summed E-state index contributed by atoms with van der Waals surface area (Å²) in [5.41, 5.74) is 0.281. The maximum absolute atomic E-state index is 13.0. The fourth-order valence-corrected chi connectivity index (χ4v) is 5.92. The van der Waals surface area contributed by atoms with Crippen LogP contribution < -0.4 is 5.32 Å². The minimum absolute atomic E-state index is 0.0204. The smallest absolute Gasteiger partial charge is 0.257 e. The van der Waals surface area contributed by atoms with Crippen molar-refractivity contribution in [2.45, 2.75) is 63.3 Å². The van der Waals surface area contributed by atoms with E-state index in [4.69, 9.17) is 0 Å². The second kappa shape index (κ2) is 9.32. The number of hydrogen-bond acceptors (Lipinski definition) is 6. The van der Waals surface area contributed by atoms with E-state index in [0.29, 0.717) is 11.0 Å². The summed E-state index contributed by atoms with van der Waals surface area (Å²) in [6.07, 6.45) is 5.82. The van der Waals surface area contributed by atoms with Crippen molar-refractivity contribution in [3.05, 3.63) is 34.8 Å². The number of rotatable bonds is 7. The Morgan fingerprint density at radius 3 is 2.66 bits per heavy atom. The first-order valence-electron chi connectivity index (χ1n) is 9.99. The first kappa shape index (κ1) is 21.9. The largest absolute Gasteiger partial charge is 0.296 e. The van der Waals surface area contributed by atoms with E-state index in [-0.39, 0.29) is 16.5 Å². The zero-order chi connectivity index (χ0) is 21.0. The lowest BCUT2D eigenvalue weighted by molar-refractivity contribution is 0.102. The minimum Gasteiger partial charge on any atom is -0.296 e. The highest BCUT2D eigenvalue weighted by atomic mass is 32.2. The molecule has 0 spiro atoms. The molecule has 0 saturated heterocycles. The van der Waals surface area contributed by atoms with Crippen molar-refractivity contribution in [2.24, 2.45) is 5.92 Å². The molecular weight excluding hydrogens is 408 g/mol. The molecule has 1 heterocycles. The summed E-state index contributed by atoms with van der Waals surface area (Å²) in [4.78, 5) is 12.8. The molecule has 1 aromatic heterocycles. The Morgan fingerprint density at radius 1 is 1.24 bits per heavy atom. The molecule has 0 aliphatic heterocycles. The SMILES string of the molecule is CC(C)Cc1nnc(NC(=O)c2cccc(S(=O)(=O)N(C)C3CCCCC3)c2)s1. The zero-order valence-corrected chi connectivity index (χ0v) is 18.7. The molecule has 0 unspecified atom stereocenters. The van der Waals surface area contributed by atoms with Crippen molar-refractivity contribution in [1.82, 2.24) is 14.5 Å². The Bertz CT molecular complexity index is 950. The lowest BCUT2D eigenvalue weighted by atomic mass is 9.96. The van der Waals surface area contributed by atoms with Gasteiger partial charge in [-0.1, -0.05) is 50.5 Å². The van der Waals surface area contributed by atoms with Crippen LogP contribution >= 0.6 is 11.3 Å². The number of amides is 1. The van der Waals surface area contributed by atoms with Gasteiger partial charge in [-0.05, 0) is 37.0 Å². The van der Waals surface area contributed by atoms with Gasteiger partial charge in [-0.15, -0.1) is 10.2 Å². The highest BCUT2D eigenvalue weighted by molar-refractivity contribution is 7.89. The summed E-state index contributed by atoms with van der Waals surface area (Å²) in [5.74, 6) is 0.0594. The Morgan fingerprint density at radius 2 is 1.97 bits per heavy atom. The molecule has 1 amide bonds. The molecule has 29 heavy (non-hydrogen) atoms. The van der Waals surface area contributed by atoms with Crippen LogP contribution in [-0.4, -0.2) is 41.9 Å². The molecule has 0 bridgehead atoms. The first-order valence-corrected chi connectivity index (χ1v) is 12.2. The van der Waals surface area contributed by atoms with E-state index < -0.39 is 15.9 Å². The summed E-state index contributed by atoms with van der Waals surface area (Å²) in [5, 5.41) is 12.1. The van der Waals surface area contributed by atoms with E-state index in [9.17, 15) is 13.2 Å². The van der Waals surface area contributed by atoms with Crippen molar-refractivity contribution in [2.75, 3.05) is 12.4 Å². The van der Waals surface area contributed by atoms with Crippen LogP contribution in [0.3, 0.4) is 0 Å². The van der Waals surface area contributed by atoms with Gasteiger partial charge < -0.3 is 0 Å². The topological polar surface area (TPSA) is 92.3 Å². The number of aromatic nitrogens is 2. The van der Waals surface area contributed by atoms with Gasteiger partial charge in [-0.3, -0.25) is 10.1 Å². The van der Waals surface area contributed by atoms with Gasteiger partial charge in [0.25, 0.3) is 5.91 Å². The van der Waals surface area contributed by atoms with Gasteiger partial charge >= 0.3 is 0 Å². The van der Waals surface area contributed by atoms with Crippen molar-refractivity contribution in [3.8, 4) is 0 Å². The predicted molar refractivity (Wildman–Crippen MR) is 115 cm³/mol. The van der Waals surface area contributed by atoms with Gasteiger partial charge in [0, 0.05) is 25.1 Å². The van der Waals surface area contributed by atoms with E-state index in [0.717, 1.165) is 43.5 Å². The summed E-state index contributed by atoms with van der Waals surface area (Å²) in [6, 6.07) is 6.19. The molecule has 1 N–H and O–H groups in total. The highest BCUT2D eigenvalue weighted by Gasteiger charge is 2.29. The summed E-state index contributed by atoms with van der Waals surface area (Å²) in [6.45, 7) is 4.19. The standard InChI is InChI=1S/C20H28N4O3S2/c1-14(2)12-18-22-23-20(28-18)21-19(25)15-8-7-11-17(13-15)29(26,27)24(3)16-9-5-4-6-10-16/h7-8,11,13-14,16H,4-6,9-10,12H2,1-3H3,(H,21,23,25). The Balaban J connectivity index is 1.74. The molecule has 1 aromatic carbocycles. The molecule has 7 nitrogen and oxygen atoms in total. The van der Waals surface area contributed by atoms with Crippen LogP contribution in [0.4, 0.5) is 5.13 Å². The quantitative estimate of drug-likeness (QED) is 0.710. The third-order valence-corrected chi connectivity index (χ3v) is 7.90. The third-order valence-electron chi connectivity index (χ3n) is 5.13. The van der Waals surface area contributed by atoms with Crippen LogP contribution in [0.2, 0.25) is 0 Å². The molecule has 9 heteroatoms. The number of anilines is 1. The number of nitrogens with zero attached hydrogens (tertiary/aromatic N) is 3. The first-order chi connectivity index (χ1) is 13.8. The van der Waals surface area contributed by atoms with Gasteiger partial charge in [0.05, 0.1) is 4.90 Å². The minimum atomic E-state index is -3.65. The number of sulfonamides is 1. The number of carbonyl (C=O) groups excluding carboxylic acids is 1. The average Bonchev–Trinajstić information content (AvgIpc) is 3.14. The molecule has 1 saturated carbocycles. The van der Waals surface area contributed by atoms with Crippen LogP contribution in [0.15, 0.2) is 29.2 Å². The number of nitrogens with one attached hydrogen (secondary N) is 1. The highest BCUT2D eigenvalue weighted by Crippen LogP contribution is 2.27. The van der Waals surface area contributed by atoms with Crippen LogP contribution in [0.1, 0.15) is 61.3 Å². The van der Waals surface area contributed by atoms with Crippen LogP contribution in [0.25, 0.3) is 0 Å². The van der Waals surface area contributed by atoms with Gasteiger partial charge in [-0.2, -0.15) is 4.31 Å². The van der Waals surface area contributed by atoms with Crippen molar-refractivity contribution in [1.29, 1.82) is 0 Å². The molecule has 0 radical (unpaired) electrons. The maximum atomic E-state index is 13.0. The molecule has 2 aromatic rings. The zero-order valence-electron chi connectivity index (χ0n) is 17.1. The third kappa shape index (κ3) is 5.40. The maximum Gasteiger partial charge on any atom is 0.257 e. The second-order valence-electron chi connectivity index (χ2n) is 7.89. The molecule has 1 fully saturated rings. The van der Waals surface area contributed by atoms with E-state index in [2.05, 4.69) is 29.4 Å². The normalized spacial score (nSPS) is 15.8. The Hall–Kier alpha value is -1.84. The van der Waals surface area contributed by atoms with Gasteiger partial charge in [0.1, 0.15) is 5.01 Å². The fraction of sp³-hybridized carbons (Fsp3) is 0.550. The molecule has 1 aliphatic rings. The van der Waals surface area contributed by atoms with Crippen LogP contribution in [0.5, 0.6) is 0 Å². The summed E-state index contributed by atoms with van der Waals surface area (Å²) >= 11 is 1.34. The Kier molecular flexibility index (Phi) is 7.02. The lowest BCUT2D eigenvalue weighted by Gasteiger charge is -2.30. The molecular formula is C20H28N4O3S2. The summed E-state index contributed by atoms with van der Waals surface area (Å²) in [7, 11) is -2.01. The number of benzene rings is 1. The molecule has 3 rings (SSSR count). The molecule has 0 atom stereocenters. The lowest BCUT2D eigenvalue weighted by Crippen LogP contribution is -2.38. The Labute approximate surface area is 176 Å². The van der Waals surface area contributed by atoms with Crippen molar-refractivity contribution in [3.63, 3.8) is 0 Å². The van der Waals surface area contributed by atoms with E-state index in [1.54, 1.807) is 19.2 Å². The van der Waals surface area contributed by atoms with Gasteiger partial charge in [0.15, 0.2) is 0 Å². The van der Waals surface area contributed by atoms with Crippen molar-refractivity contribution >= 4 is 32.4 Å². The summed E-state index contributed by atoms with van der Waals surface area (Å²) < 4.78 is 27.6. The average molecular weight is 437 g/mol. The van der Waals surface area contributed by atoms with Gasteiger partial charge in [-0.25, -0.2) is 8.42 Å². The predicted octanol–water partition coefficient (Wildman–Crippen LogP) is 3.94. The molecule has 158 valence electrons. The van der Waals surface area contributed by atoms with Crippen LogP contribution in [0, 0.1) is 5.92 Å². The second-order valence-corrected chi connectivity index (χ2v) is 11.0. The number of hydrogen-bond donors (Lipinski definition) is 1. The fourth-order valence-electron chi connectivity index (χ4n) is 3.51. The van der Waals surface area contributed by atoms with Crippen molar-refractivity contribution < 1.29 is 13.2 Å². The monoisotopic (exact) mass is 436 g/mol.